The molecule has 0 aliphatic rings. The van der Waals surface area contributed by atoms with Gasteiger partial charge in [0, 0.05) is 0 Å². The number of carbonyl (C=O) groups excluding carboxylic acids is 3. The van der Waals surface area contributed by atoms with Gasteiger partial charge in [-0.3, -0.25) is 24.0 Å². The Morgan fingerprint density at radius 2 is 1.24 bits per heavy atom. The fourth-order valence-corrected chi connectivity index (χ4v) is 3.15. The molecule has 0 spiro atoms. The van der Waals surface area contributed by atoms with E-state index in [1.165, 1.54) is 11.8 Å². The van der Waals surface area contributed by atoms with Crippen LogP contribution in [-0.2, 0) is 28.8 Å². The lowest BCUT2D eigenvalue weighted by atomic mass is 10.0. The first-order valence-electron chi connectivity index (χ1n) is 10.1. The minimum Gasteiger partial charge on any atom is -0.481 e. The molecule has 33 heavy (non-hydrogen) atoms. The maximum atomic E-state index is 12.7. The SMILES string of the molecule is CSCCC(N)C(=O)NC(CC(=O)O)C(=O)NC(CC(C)C)C(=O)NC(CC(=O)O)C(=O)O. The number of nitrogens with one attached hydrogen (secondary N) is 3. The smallest absolute Gasteiger partial charge is 0.326 e. The summed E-state index contributed by atoms with van der Waals surface area (Å²) in [4.78, 5) is 70.8. The zero-order valence-corrected chi connectivity index (χ0v) is 19.5. The number of carboxylic acid groups (broad SMARTS) is 3. The Kier molecular flexibility index (Phi) is 13.7. The molecule has 0 fully saturated rings. The monoisotopic (exact) mass is 492 g/mol. The molecule has 4 unspecified atom stereocenters. The maximum absolute atomic E-state index is 12.7. The van der Waals surface area contributed by atoms with Crippen LogP contribution < -0.4 is 21.7 Å². The Labute approximate surface area is 195 Å². The lowest BCUT2D eigenvalue weighted by molar-refractivity contribution is -0.147. The van der Waals surface area contributed by atoms with Crippen LogP contribution in [0, 0.1) is 5.92 Å². The Bertz CT molecular complexity index is 732. The van der Waals surface area contributed by atoms with E-state index in [1.54, 1.807) is 13.8 Å². The van der Waals surface area contributed by atoms with Crippen molar-refractivity contribution in [3.8, 4) is 0 Å². The van der Waals surface area contributed by atoms with Crippen LogP contribution in [0.4, 0.5) is 0 Å². The highest BCUT2D eigenvalue weighted by atomic mass is 32.2. The molecule has 8 N–H and O–H groups in total. The third-order valence-corrected chi connectivity index (χ3v) is 4.96. The summed E-state index contributed by atoms with van der Waals surface area (Å²) in [7, 11) is 0. The van der Waals surface area contributed by atoms with Crippen molar-refractivity contribution in [2.45, 2.75) is 63.7 Å². The van der Waals surface area contributed by atoms with E-state index in [0.29, 0.717) is 12.2 Å². The number of carboxylic acids is 3. The van der Waals surface area contributed by atoms with E-state index in [-0.39, 0.29) is 12.3 Å². The quantitative estimate of drug-likeness (QED) is 0.133. The van der Waals surface area contributed by atoms with E-state index in [0.717, 1.165) is 0 Å². The van der Waals surface area contributed by atoms with Crippen molar-refractivity contribution in [3.05, 3.63) is 0 Å². The molecule has 0 aromatic heterocycles. The molecule has 0 rings (SSSR count). The Morgan fingerprint density at radius 1 is 0.788 bits per heavy atom. The summed E-state index contributed by atoms with van der Waals surface area (Å²) in [6, 6.07) is -5.53. The molecular formula is C19H32N4O9S. The Morgan fingerprint density at radius 3 is 1.70 bits per heavy atom. The lowest BCUT2D eigenvalue weighted by Gasteiger charge is -2.25. The first-order valence-corrected chi connectivity index (χ1v) is 11.5. The average Bonchev–Trinajstić information content (AvgIpc) is 2.68. The summed E-state index contributed by atoms with van der Waals surface area (Å²) < 4.78 is 0. The zero-order chi connectivity index (χ0) is 25.7. The highest BCUT2D eigenvalue weighted by Crippen LogP contribution is 2.08. The molecule has 0 aromatic rings. The Hall–Kier alpha value is -2.87. The van der Waals surface area contributed by atoms with E-state index >= 15 is 0 Å². The van der Waals surface area contributed by atoms with Gasteiger partial charge in [-0.2, -0.15) is 11.8 Å². The van der Waals surface area contributed by atoms with Gasteiger partial charge in [0.2, 0.25) is 17.7 Å². The van der Waals surface area contributed by atoms with Crippen molar-refractivity contribution in [2.24, 2.45) is 11.7 Å². The summed E-state index contributed by atoms with van der Waals surface area (Å²) in [6.45, 7) is 3.44. The minimum atomic E-state index is -1.73. The number of rotatable bonds is 16. The lowest BCUT2D eigenvalue weighted by Crippen LogP contribution is -2.57. The molecule has 188 valence electrons. The minimum absolute atomic E-state index is 0.0396. The molecule has 0 bridgehead atoms. The highest BCUT2D eigenvalue weighted by Gasteiger charge is 2.32. The fourth-order valence-electron chi connectivity index (χ4n) is 2.66. The standard InChI is InChI=1S/C19H32N4O9S/c1-9(2)6-11(17(29)23-13(19(31)32)8-15(26)27)22-18(30)12(7-14(24)25)21-16(28)10(20)4-5-33-3/h9-13H,4-8,20H2,1-3H3,(H,21,28)(H,22,30)(H,23,29)(H,24,25)(H,26,27)(H,31,32). The van der Waals surface area contributed by atoms with E-state index in [4.69, 9.17) is 21.1 Å². The van der Waals surface area contributed by atoms with Crippen LogP contribution in [-0.4, -0.2) is 87.1 Å². The highest BCUT2D eigenvalue weighted by molar-refractivity contribution is 7.98. The van der Waals surface area contributed by atoms with Gasteiger partial charge in [-0.25, -0.2) is 4.79 Å². The van der Waals surface area contributed by atoms with E-state index < -0.39 is 72.6 Å². The van der Waals surface area contributed by atoms with Gasteiger partial charge >= 0.3 is 17.9 Å². The van der Waals surface area contributed by atoms with Crippen LogP contribution in [0.25, 0.3) is 0 Å². The van der Waals surface area contributed by atoms with Gasteiger partial charge < -0.3 is 37.0 Å². The van der Waals surface area contributed by atoms with Crippen LogP contribution in [0.3, 0.4) is 0 Å². The van der Waals surface area contributed by atoms with Gasteiger partial charge in [0.1, 0.15) is 18.1 Å². The number of hydrogen-bond donors (Lipinski definition) is 7. The molecule has 0 saturated heterocycles. The number of carbonyl (C=O) groups is 6. The normalized spacial score (nSPS) is 14.5. The fraction of sp³-hybridized carbons (Fsp3) is 0.684. The van der Waals surface area contributed by atoms with Crippen LogP contribution in [0.5, 0.6) is 0 Å². The second-order valence-corrected chi connectivity index (χ2v) is 8.72. The molecule has 0 aliphatic heterocycles. The average molecular weight is 493 g/mol. The van der Waals surface area contributed by atoms with Crippen molar-refractivity contribution in [1.82, 2.24) is 16.0 Å². The molecule has 14 heteroatoms. The van der Waals surface area contributed by atoms with Crippen LogP contribution in [0.1, 0.15) is 39.5 Å². The van der Waals surface area contributed by atoms with Crippen molar-refractivity contribution >= 4 is 47.4 Å². The predicted molar refractivity (Wildman–Crippen MR) is 118 cm³/mol. The van der Waals surface area contributed by atoms with Gasteiger partial charge in [-0.1, -0.05) is 13.8 Å². The number of hydrogen-bond acceptors (Lipinski definition) is 8. The number of aliphatic carboxylic acids is 3. The molecule has 13 nitrogen and oxygen atoms in total. The van der Waals surface area contributed by atoms with Crippen LogP contribution >= 0.6 is 11.8 Å². The van der Waals surface area contributed by atoms with Crippen molar-refractivity contribution in [2.75, 3.05) is 12.0 Å². The van der Waals surface area contributed by atoms with Crippen LogP contribution in [0.2, 0.25) is 0 Å². The molecule has 0 aromatic carbocycles. The van der Waals surface area contributed by atoms with E-state index in [2.05, 4.69) is 16.0 Å². The van der Waals surface area contributed by atoms with Gasteiger partial charge in [0.25, 0.3) is 0 Å². The topological polar surface area (TPSA) is 225 Å². The number of thioether (sulfide) groups is 1. The second-order valence-electron chi connectivity index (χ2n) is 7.74. The molecule has 3 amide bonds. The van der Waals surface area contributed by atoms with Gasteiger partial charge in [-0.15, -0.1) is 0 Å². The van der Waals surface area contributed by atoms with E-state index in [1.807, 2.05) is 6.26 Å². The van der Waals surface area contributed by atoms with Crippen LogP contribution in [0.15, 0.2) is 0 Å². The molecule has 4 atom stereocenters. The predicted octanol–water partition coefficient (Wildman–Crippen LogP) is -1.40. The summed E-state index contributed by atoms with van der Waals surface area (Å²) in [6.07, 6.45) is 0.496. The second kappa shape index (κ2) is 15.1. The summed E-state index contributed by atoms with van der Waals surface area (Å²) in [5.74, 6) is -6.66. The molecule has 0 heterocycles. The number of nitrogens with two attached hydrogens (primary N) is 1. The van der Waals surface area contributed by atoms with Crippen molar-refractivity contribution < 1.29 is 44.1 Å². The third-order valence-electron chi connectivity index (χ3n) is 4.31. The van der Waals surface area contributed by atoms with Crippen molar-refractivity contribution in [3.63, 3.8) is 0 Å². The van der Waals surface area contributed by atoms with E-state index in [9.17, 15) is 28.8 Å². The van der Waals surface area contributed by atoms with Gasteiger partial charge in [0.15, 0.2) is 0 Å². The summed E-state index contributed by atoms with van der Waals surface area (Å²) in [5.41, 5.74) is 5.75. The molecule has 0 aliphatic carbocycles. The molecule has 0 saturated carbocycles. The summed E-state index contributed by atoms with van der Waals surface area (Å²) in [5, 5.41) is 33.7. The first-order chi connectivity index (χ1) is 15.3. The molecular weight excluding hydrogens is 460 g/mol. The Balaban J connectivity index is 5.50. The van der Waals surface area contributed by atoms with Gasteiger partial charge in [0.05, 0.1) is 18.9 Å². The first kappa shape index (κ1) is 30.1. The third kappa shape index (κ3) is 12.7. The zero-order valence-electron chi connectivity index (χ0n) is 18.7. The molecule has 0 radical (unpaired) electrons. The number of amides is 3. The van der Waals surface area contributed by atoms with Crippen molar-refractivity contribution in [1.29, 1.82) is 0 Å². The van der Waals surface area contributed by atoms with Gasteiger partial charge in [-0.05, 0) is 30.8 Å². The summed E-state index contributed by atoms with van der Waals surface area (Å²) >= 11 is 1.45. The maximum Gasteiger partial charge on any atom is 0.326 e. The largest absolute Gasteiger partial charge is 0.481 e.